The van der Waals surface area contributed by atoms with Crippen LogP contribution < -0.4 is 5.14 Å². The summed E-state index contributed by atoms with van der Waals surface area (Å²) in [5.41, 5.74) is 0.218. The largest absolute Gasteiger partial charge is 0.444 e. The van der Waals surface area contributed by atoms with E-state index in [-0.39, 0.29) is 22.8 Å². The van der Waals surface area contributed by atoms with Crippen molar-refractivity contribution in [2.75, 3.05) is 20.1 Å². The Hall–Kier alpha value is -2.13. The number of nitrogens with zero attached hydrogens (tertiary/aromatic N) is 2. The third-order valence-corrected chi connectivity index (χ3v) is 5.97. The second-order valence-electron chi connectivity index (χ2n) is 8.50. The number of amides is 2. The fraction of sp³-hybridized carbons (Fsp3) is 0.600. The highest BCUT2D eigenvalue weighted by Crippen LogP contribution is 2.26. The fourth-order valence-corrected chi connectivity index (χ4v) is 3.82. The molecular weight excluding hydrogens is 394 g/mol. The zero-order chi connectivity index (χ0) is 22.0. The van der Waals surface area contributed by atoms with E-state index in [9.17, 15) is 18.0 Å². The standard InChI is InChI=1S/C20H31N3O5S/c1-14(15-8-10-17(11-9-15)29(21,26)27)22(5)18(24)16-7-6-12-23(13-16)19(25)28-20(2,3)4/h8-11,14,16H,6-7,12-13H2,1-5H3,(H2,21,26,27)/t14-,16-/m0/s1. The molecule has 0 spiro atoms. The van der Waals surface area contributed by atoms with Gasteiger partial charge >= 0.3 is 6.09 Å². The van der Waals surface area contributed by atoms with E-state index >= 15 is 0 Å². The van der Waals surface area contributed by atoms with Crippen LogP contribution in [0.4, 0.5) is 4.79 Å². The van der Waals surface area contributed by atoms with E-state index in [4.69, 9.17) is 9.88 Å². The van der Waals surface area contributed by atoms with Gasteiger partial charge in [0.05, 0.1) is 16.9 Å². The van der Waals surface area contributed by atoms with Gasteiger partial charge in [-0.1, -0.05) is 12.1 Å². The lowest BCUT2D eigenvalue weighted by molar-refractivity contribution is -0.137. The van der Waals surface area contributed by atoms with E-state index in [0.29, 0.717) is 19.5 Å². The molecule has 0 aliphatic carbocycles. The van der Waals surface area contributed by atoms with Crippen molar-refractivity contribution in [1.29, 1.82) is 0 Å². The Labute approximate surface area is 173 Å². The van der Waals surface area contributed by atoms with Crippen LogP contribution in [0, 0.1) is 5.92 Å². The van der Waals surface area contributed by atoms with Crippen molar-refractivity contribution in [2.24, 2.45) is 11.1 Å². The summed E-state index contributed by atoms with van der Waals surface area (Å²) in [6.07, 6.45) is 1.05. The van der Waals surface area contributed by atoms with E-state index in [0.717, 1.165) is 12.0 Å². The van der Waals surface area contributed by atoms with Gasteiger partial charge in [-0.3, -0.25) is 4.79 Å². The first-order chi connectivity index (χ1) is 13.3. The predicted octanol–water partition coefficient (Wildman–Crippen LogP) is 2.50. The Bertz CT molecular complexity index is 846. The van der Waals surface area contributed by atoms with Gasteiger partial charge in [-0.15, -0.1) is 0 Å². The van der Waals surface area contributed by atoms with Crippen molar-refractivity contribution in [3.63, 3.8) is 0 Å². The minimum Gasteiger partial charge on any atom is -0.444 e. The summed E-state index contributed by atoms with van der Waals surface area (Å²) in [5, 5.41) is 5.13. The van der Waals surface area contributed by atoms with Crippen molar-refractivity contribution >= 4 is 22.0 Å². The fourth-order valence-electron chi connectivity index (χ4n) is 3.31. The van der Waals surface area contributed by atoms with Gasteiger partial charge in [-0.05, 0) is 58.2 Å². The zero-order valence-corrected chi connectivity index (χ0v) is 18.5. The van der Waals surface area contributed by atoms with Crippen LogP contribution in [-0.2, 0) is 19.6 Å². The first kappa shape index (κ1) is 23.2. The normalized spacial score (nSPS) is 18.8. The molecule has 1 saturated heterocycles. The highest BCUT2D eigenvalue weighted by molar-refractivity contribution is 7.89. The van der Waals surface area contributed by atoms with E-state index < -0.39 is 21.7 Å². The van der Waals surface area contributed by atoms with Gasteiger partial charge in [0.25, 0.3) is 0 Å². The summed E-state index contributed by atoms with van der Waals surface area (Å²) < 4.78 is 28.2. The van der Waals surface area contributed by atoms with Gasteiger partial charge in [0.15, 0.2) is 0 Å². The molecular formula is C20H31N3O5S. The van der Waals surface area contributed by atoms with Crippen LogP contribution in [0.3, 0.4) is 0 Å². The number of carbonyl (C=O) groups is 2. The number of carbonyl (C=O) groups excluding carboxylic acids is 2. The monoisotopic (exact) mass is 425 g/mol. The molecule has 1 aliphatic heterocycles. The third-order valence-electron chi connectivity index (χ3n) is 5.04. The highest BCUT2D eigenvalue weighted by Gasteiger charge is 2.33. The summed E-state index contributed by atoms with van der Waals surface area (Å²) in [6.45, 7) is 8.22. The molecule has 1 heterocycles. The molecule has 8 nitrogen and oxygen atoms in total. The van der Waals surface area contributed by atoms with Crippen molar-refractivity contribution in [1.82, 2.24) is 9.80 Å². The number of likely N-dealkylation sites (tertiary alicyclic amines) is 1. The maximum absolute atomic E-state index is 13.0. The number of benzene rings is 1. The minimum atomic E-state index is -3.76. The molecule has 0 aromatic heterocycles. The van der Waals surface area contributed by atoms with Crippen LogP contribution in [-0.4, -0.2) is 56.0 Å². The van der Waals surface area contributed by atoms with E-state index in [1.54, 1.807) is 29.0 Å². The maximum atomic E-state index is 13.0. The molecule has 9 heteroatoms. The molecule has 1 aromatic carbocycles. The summed E-state index contributed by atoms with van der Waals surface area (Å²) in [4.78, 5) is 28.6. The lowest BCUT2D eigenvalue weighted by atomic mass is 9.95. The molecule has 0 radical (unpaired) electrons. The minimum absolute atomic E-state index is 0.0303. The summed E-state index contributed by atoms with van der Waals surface area (Å²) in [5.74, 6) is -0.353. The van der Waals surface area contributed by atoms with Crippen LogP contribution in [0.2, 0.25) is 0 Å². The van der Waals surface area contributed by atoms with Crippen LogP contribution in [0.1, 0.15) is 52.1 Å². The lowest BCUT2D eigenvalue weighted by Crippen LogP contribution is -2.47. The molecule has 1 aliphatic rings. The first-order valence-corrected chi connectivity index (χ1v) is 11.2. The van der Waals surface area contributed by atoms with Gasteiger partial charge in [0, 0.05) is 20.1 Å². The van der Waals surface area contributed by atoms with E-state index in [1.807, 2.05) is 27.7 Å². The molecule has 2 N–H and O–H groups in total. The highest BCUT2D eigenvalue weighted by atomic mass is 32.2. The molecule has 0 bridgehead atoms. The van der Waals surface area contributed by atoms with Gasteiger partial charge in [-0.25, -0.2) is 18.4 Å². The molecule has 0 unspecified atom stereocenters. The quantitative estimate of drug-likeness (QED) is 0.797. The molecule has 162 valence electrons. The first-order valence-electron chi connectivity index (χ1n) is 9.67. The number of hydrogen-bond acceptors (Lipinski definition) is 5. The average molecular weight is 426 g/mol. The molecule has 1 fully saturated rings. The van der Waals surface area contributed by atoms with Crippen molar-refractivity contribution in [3.8, 4) is 0 Å². The van der Waals surface area contributed by atoms with Crippen molar-refractivity contribution in [2.45, 2.75) is 57.1 Å². The number of hydrogen-bond donors (Lipinski definition) is 1. The summed E-state index contributed by atoms with van der Waals surface area (Å²) in [7, 11) is -2.04. The SMILES string of the molecule is C[C@@H](c1ccc(S(N)(=O)=O)cc1)N(C)C(=O)[C@H]1CCCN(C(=O)OC(C)(C)C)C1. The van der Waals surface area contributed by atoms with Crippen molar-refractivity contribution < 1.29 is 22.7 Å². The number of rotatable bonds is 4. The Morgan fingerprint density at radius 1 is 1.24 bits per heavy atom. The Balaban J connectivity index is 2.05. The van der Waals surface area contributed by atoms with Gasteiger partial charge in [-0.2, -0.15) is 0 Å². The smallest absolute Gasteiger partial charge is 0.410 e. The average Bonchev–Trinajstić information content (AvgIpc) is 2.64. The van der Waals surface area contributed by atoms with Crippen LogP contribution in [0.15, 0.2) is 29.2 Å². The molecule has 2 atom stereocenters. The molecule has 1 aromatic rings. The second kappa shape index (κ2) is 8.71. The van der Waals surface area contributed by atoms with Crippen molar-refractivity contribution in [3.05, 3.63) is 29.8 Å². The van der Waals surface area contributed by atoms with E-state index in [1.165, 1.54) is 12.1 Å². The second-order valence-corrected chi connectivity index (χ2v) is 10.1. The number of ether oxygens (including phenoxy) is 1. The number of nitrogens with two attached hydrogens (primary N) is 1. The van der Waals surface area contributed by atoms with Gasteiger partial charge < -0.3 is 14.5 Å². The summed E-state index contributed by atoms with van der Waals surface area (Å²) >= 11 is 0. The maximum Gasteiger partial charge on any atom is 0.410 e. The molecule has 2 rings (SSSR count). The van der Waals surface area contributed by atoms with Crippen LogP contribution in [0.25, 0.3) is 0 Å². The van der Waals surface area contributed by atoms with Crippen LogP contribution >= 0.6 is 0 Å². The Morgan fingerprint density at radius 2 is 1.83 bits per heavy atom. The number of piperidine rings is 1. The molecule has 2 amide bonds. The van der Waals surface area contributed by atoms with Gasteiger partial charge in [0.1, 0.15) is 5.60 Å². The van der Waals surface area contributed by atoms with Gasteiger partial charge in [0.2, 0.25) is 15.9 Å². The topological polar surface area (TPSA) is 110 Å². The predicted molar refractivity (Wildman–Crippen MR) is 110 cm³/mol. The zero-order valence-electron chi connectivity index (χ0n) is 17.7. The molecule has 29 heavy (non-hydrogen) atoms. The Morgan fingerprint density at radius 3 is 2.34 bits per heavy atom. The lowest BCUT2D eigenvalue weighted by Gasteiger charge is -2.36. The number of primary sulfonamides is 1. The Kier molecular flexibility index (Phi) is 6.95. The van der Waals surface area contributed by atoms with Crippen LogP contribution in [0.5, 0.6) is 0 Å². The molecule has 0 saturated carbocycles. The summed E-state index contributed by atoms with van der Waals surface area (Å²) in [6, 6.07) is 5.92. The van der Waals surface area contributed by atoms with E-state index in [2.05, 4.69) is 0 Å². The third kappa shape index (κ3) is 6.17. The number of sulfonamides is 1.